The first-order valence-corrected chi connectivity index (χ1v) is 8.28. The van der Waals surface area contributed by atoms with Crippen molar-refractivity contribution in [1.82, 2.24) is 0 Å². The highest BCUT2D eigenvalue weighted by atomic mass is 16.4. The summed E-state index contributed by atoms with van der Waals surface area (Å²) in [4.78, 5) is 10.5. The summed E-state index contributed by atoms with van der Waals surface area (Å²) in [6, 6.07) is 8.13. The van der Waals surface area contributed by atoms with Crippen molar-refractivity contribution in [2.24, 2.45) is 5.92 Å². The normalized spacial score (nSPS) is 15.2. The molecule has 116 valence electrons. The highest BCUT2D eigenvalue weighted by molar-refractivity contribution is 5.67. The predicted molar refractivity (Wildman–Crippen MR) is 86.7 cm³/mol. The molecule has 2 rings (SSSR count). The van der Waals surface area contributed by atoms with Crippen molar-refractivity contribution >= 4 is 11.7 Å². The first-order chi connectivity index (χ1) is 10.2. The number of aliphatic carboxylic acids is 1. The molecule has 21 heavy (non-hydrogen) atoms. The Hall–Kier alpha value is -1.51. The van der Waals surface area contributed by atoms with Crippen LogP contribution in [0.5, 0.6) is 0 Å². The summed E-state index contributed by atoms with van der Waals surface area (Å²) < 4.78 is 0. The Bertz CT molecular complexity index is 421. The number of benzene rings is 1. The number of hydrogen-bond acceptors (Lipinski definition) is 2. The summed E-state index contributed by atoms with van der Waals surface area (Å²) in [7, 11) is 0. The van der Waals surface area contributed by atoms with E-state index in [1.807, 2.05) is 24.3 Å². The van der Waals surface area contributed by atoms with Crippen LogP contribution in [0.25, 0.3) is 0 Å². The maximum atomic E-state index is 10.5. The molecule has 1 aromatic rings. The van der Waals surface area contributed by atoms with Crippen LogP contribution in [0.2, 0.25) is 0 Å². The third-order valence-electron chi connectivity index (χ3n) is 4.42. The fraction of sp³-hybridized carbons (Fsp3) is 0.611. The monoisotopic (exact) mass is 289 g/mol. The van der Waals surface area contributed by atoms with Gasteiger partial charge in [-0.25, -0.2) is 0 Å². The van der Waals surface area contributed by atoms with Crippen molar-refractivity contribution in [3.63, 3.8) is 0 Å². The molecule has 0 atom stereocenters. The van der Waals surface area contributed by atoms with E-state index in [0.717, 1.165) is 23.7 Å². The molecule has 1 aromatic carbocycles. The lowest BCUT2D eigenvalue weighted by molar-refractivity contribution is -0.136. The Labute approximate surface area is 127 Å². The first kappa shape index (κ1) is 15.9. The van der Waals surface area contributed by atoms with Gasteiger partial charge in [-0.2, -0.15) is 0 Å². The Kier molecular flexibility index (Phi) is 6.58. The number of carboxylic acids is 1. The van der Waals surface area contributed by atoms with Crippen LogP contribution in [-0.2, 0) is 11.2 Å². The van der Waals surface area contributed by atoms with Crippen LogP contribution in [0.1, 0.15) is 56.9 Å². The number of unbranched alkanes of at least 4 members (excludes halogenated alkanes) is 1. The number of hydrogen-bond donors (Lipinski definition) is 2. The van der Waals surface area contributed by atoms with Gasteiger partial charge in [0, 0.05) is 18.7 Å². The third kappa shape index (κ3) is 6.19. The molecule has 1 saturated carbocycles. The topological polar surface area (TPSA) is 49.3 Å². The molecule has 0 radical (unpaired) electrons. The largest absolute Gasteiger partial charge is 0.481 e. The van der Waals surface area contributed by atoms with Crippen molar-refractivity contribution < 1.29 is 9.90 Å². The summed E-state index contributed by atoms with van der Waals surface area (Å²) in [6.07, 6.45) is 10.6. The Morgan fingerprint density at radius 3 is 2.52 bits per heavy atom. The van der Waals surface area contributed by atoms with Crippen molar-refractivity contribution in [3.8, 4) is 0 Å². The minimum Gasteiger partial charge on any atom is -0.481 e. The second-order valence-corrected chi connectivity index (χ2v) is 6.16. The van der Waals surface area contributed by atoms with E-state index in [2.05, 4.69) is 5.32 Å². The Balaban J connectivity index is 1.58. The second-order valence-electron chi connectivity index (χ2n) is 6.16. The molecule has 0 spiro atoms. The molecular formula is C18H27NO2. The van der Waals surface area contributed by atoms with Gasteiger partial charge in [0.1, 0.15) is 0 Å². The van der Waals surface area contributed by atoms with Crippen LogP contribution >= 0.6 is 0 Å². The zero-order chi connectivity index (χ0) is 14.9. The fourth-order valence-electron chi connectivity index (χ4n) is 3.13. The SMILES string of the molecule is O=C(O)CCc1ccc(NCCCCC2CCCC2)cc1. The molecule has 1 aliphatic carbocycles. The summed E-state index contributed by atoms with van der Waals surface area (Å²) in [5.74, 6) is 0.262. The van der Waals surface area contributed by atoms with Gasteiger partial charge in [0.25, 0.3) is 0 Å². The molecule has 0 aliphatic heterocycles. The summed E-state index contributed by atoms with van der Waals surface area (Å²) in [5.41, 5.74) is 2.22. The van der Waals surface area contributed by atoms with E-state index in [-0.39, 0.29) is 6.42 Å². The van der Waals surface area contributed by atoms with E-state index in [1.54, 1.807) is 0 Å². The fourth-order valence-corrected chi connectivity index (χ4v) is 3.13. The van der Waals surface area contributed by atoms with Crippen LogP contribution in [0.15, 0.2) is 24.3 Å². The lowest BCUT2D eigenvalue weighted by Crippen LogP contribution is -2.03. The number of nitrogens with one attached hydrogen (secondary N) is 1. The summed E-state index contributed by atoms with van der Waals surface area (Å²) in [6.45, 7) is 1.03. The van der Waals surface area contributed by atoms with Crippen molar-refractivity contribution in [2.45, 2.75) is 57.8 Å². The molecule has 3 nitrogen and oxygen atoms in total. The second kappa shape index (κ2) is 8.71. The van der Waals surface area contributed by atoms with Gasteiger partial charge < -0.3 is 10.4 Å². The molecule has 0 aromatic heterocycles. The quantitative estimate of drug-likeness (QED) is 0.659. The van der Waals surface area contributed by atoms with Crippen molar-refractivity contribution in [2.75, 3.05) is 11.9 Å². The van der Waals surface area contributed by atoms with E-state index in [9.17, 15) is 4.79 Å². The van der Waals surface area contributed by atoms with Gasteiger partial charge in [0.15, 0.2) is 0 Å². The van der Waals surface area contributed by atoms with Crippen LogP contribution in [0.4, 0.5) is 5.69 Å². The zero-order valence-electron chi connectivity index (χ0n) is 12.8. The first-order valence-electron chi connectivity index (χ1n) is 8.28. The van der Waals surface area contributed by atoms with E-state index in [1.165, 1.54) is 44.9 Å². The molecule has 3 heteroatoms. The minimum absolute atomic E-state index is 0.202. The molecule has 0 heterocycles. The van der Waals surface area contributed by atoms with Crippen LogP contribution < -0.4 is 5.32 Å². The van der Waals surface area contributed by atoms with Gasteiger partial charge in [-0.3, -0.25) is 4.79 Å². The van der Waals surface area contributed by atoms with E-state index in [4.69, 9.17) is 5.11 Å². The lowest BCUT2D eigenvalue weighted by Gasteiger charge is -2.10. The maximum Gasteiger partial charge on any atom is 0.303 e. The van der Waals surface area contributed by atoms with Gasteiger partial charge >= 0.3 is 5.97 Å². The standard InChI is InChI=1S/C18H27NO2/c20-18(21)13-10-16-8-11-17(12-9-16)19-14-4-3-7-15-5-1-2-6-15/h8-9,11-12,15,19H,1-7,10,13-14H2,(H,20,21). The molecule has 1 aliphatic rings. The van der Waals surface area contributed by atoms with Gasteiger partial charge in [0.2, 0.25) is 0 Å². The number of aryl methyl sites for hydroxylation is 1. The Morgan fingerprint density at radius 1 is 1.14 bits per heavy atom. The molecule has 0 unspecified atom stereocenters. The molecule has 0 bridgehead atoms. The van der Waals surface area contributed by atoms with Gasteiger partial charge in [0.05, 0.1) is 0 Å². The molecule has 2 N–H and O–H groups in total. The molecular weight excluding hydrogens is 262 g/mol. The van der Waals surface area contributed by atoms with E-state index >= 15 is 0 Å². The number of carboxylic acid groups (broad SMARTS) is 1. The highest BCUT2D eigenvalue weighted by Crippen LogP contribution is 2.28. The number of anilines is 1. The van der Waals surface area contributed by atoms with Crippen LogP contribution in [0.3, 0.4) is 0 Å². The van der Waals surface area contributed by atoms with Crippen LogP contribution in [0, 0.1) is 5.92 Å². The number of rotatable bonds is 9. The van der Waals surface area contributed by atoms with Gasteiger partial charge in [-0.05, 0) is 36.5 Å². The smallest absolute Gasteiger partial charge is 0.303 e. The average Bonchev–Trinajstić information content (AvgIpc) is 2.99. The molecule has 0 saturated heterocycles. The van der Waals surface area contributed by atoms with Gasteiger partial charge in [-0.15, -0.1) is 0 Å². The van der Waals surface area contributed by atoms with E-state index in [0.29, 0.717) is 6.42 Å². The predicted octanol–water partition coefficient (Wildman–Crippen LogP) is 4.48. The average molecular weight is 289 g/mol. The maximum absolute atomic E-state index is 10.5. The summed E-state index contributed by atoms with van der Waals surface area (Å²) in [5, 5.41) is 12.1. The van der Waals surface area contributed by atoms with Crippen molar-refractivity contribution in [3.05, 3.63) is 29.8 Å². The van der Waals surface area contributed by atoms with Crippen molar-refractivity contribution in [1.29, 1.82) is 0 Å². The zero-order valence-corrected chi connectivity index (χ0v) is 12.8. The lowest BCUT2D eigenvalue weighted by atomic mass is 10.0. The highest BCUT2D eigenvalue weighted by Gasteiger charge is 2.13. The molecule has 0 amide bonds. The van der Waals surface area contributed by atoms with E-state index < -0.39 is 5.97 Å². The molecule has 1 fully saturated rings. The van der Waals surface area contributed by atoms with Crippen LogP contribution in [-0.4, -0.2) is 17.6 Å². The summed E-state index contributed by atoms with van der Waals surface area (Å²) >= 11 is 0. The Morgan fingerprint density at radius 2 is 1.86 bits per heavy atom. The minimum atomic E-state index is -0.737. The number of carbonyl (C=O) groups is 1. The third-order valence-corrected chi connectivity index (χ3v) is 4.42. The van der Waals surface area contributed by atoms with Gasteiger partial charge in [-0.1, -0.05) is 50.7 Å².